The van der Waals surface area contributed by atoms with Crippen molar-refractivity contribution < 1.29 is 27.4 Å². The van der Waals surface area contributed by atoms with Crippen molar-refractivity contribution in [1.29, 1.82) is 0 Å². The molecule has 0 bridgehead atoms. The third-order valence-corrected chi connectivity index (χ3v) is 3.34. The smallest absolute Gasteiger partial charge is 0.406 e. The summed E-state index contributed by atoms with van der Waals surface area (Å²) in [5.41, 5.74) is 0.137. The fourth-order valence-electron chi connectivity index (χ4n) is 2.06. The minimum atomic E-state index is -4.80. The van der Waals surface area contributed by atoms with Crippen LogP contribution in [0, 0.1) is 0 Å². The van der Waals surface area contributed by atoms with Gasteiger partial charge in [-0.05, 0) is 25.1 Å². The quantitative estimate of drug-likeness (QED) is 0.805. The van der Waals surface area contributed by atoms with Crippen LogP contribution < -0.4 is 4.74 Å². The van der Waals surface area contributed by atoms with Crippen molar-refractivity contribution in [3.8, 4) is 5.75 Å². The summed E-state index contributed by atoms with van der Waals surface area (Å²) in [4.78, 5) is 13.9. The largest absolute Gasteiger partial charge is 0.573 e. The predicted octanol–water partition coefficient (Wildman–Crippen LogP) is 3.21. The first-order valence-electron chi connectivity index (χ1n) is 6.22. The summed E-state index contributed by atoms with van der Waals surface area (Å²) in [6, 6.07) is 3.71. The highest BCUT2D eigenvalue weighted by molar-refractivity contribution is 9.10. The van der Waals surface area contributed by atoms with Gasteiger partial charge in [0.15, 0.2) is 0 Å². The molecule has 1 heterocycles. The van der Waals surface area contributed by atoms with Crippen LogP contribution in [0.3, 0.4) is 0 Å². The topological polar surface area (TPSA) is 38.8 Å². The summed E-state index contributed by atoms with van der Waals surface area (Å²) in [5, 5.41) is 0. The highest BCUT2D eigenvalue weighted by atomic mass is 79.9. The Morgan fingerprint density at radius 3 is 2.76 bits per heavy atom. The molecule has 2 rings (SSSR count). The van der Waals surface area contributed by atoms with Crippen LogP contribution in [0.25, 0.3) is 0 Å². The van der Waals surface area contributed by atoms with E-state index in [2.05, 4.69) is 20.7 Å². The maximum absolute atomic E-state index is 12.3. The van der Waals surface area contributed by atoms with E-state index in [0.717, 1.165) is 12.1 Å². The molecule has 0 aliphatic carbocycles. The molecule has 4 nitrogen and oxygen atoms in total. The summed E-state index contributed by atoms with van der Waals surface area (Å²) in [7, 11) is 0. The number of hydrogen-bond acceptors (Lipinski definition) is 3. The Hall–Kier alpha value is -1.28. The van der Waals surface area contributed by atoms with Crippen LogP contribution in [-0.4, -0.2) is 43.0 Å². The lowest BCUT2D eigenvalue weighted by atomic mass is 10.1. The fourth-order valence-corrected chi connectivity index (χ4v) is 2.54. The number of alkyl halides is 3. The second-order valence-corrected chi connectivity index (χ2v) is 5.57. The summed E-state index contributed by atoms with van der Waals surface area (Å²) in [5.74, 6) is -0.778. The predicted molar refractivity (Wildman–Crippen MR) is 72.1 cm³/mol. The van der Waals surface area contributed by atoms with E-state index >= 15 is 0 Å². The van der Waals surface area contributed by atoms with Gasteiger partial charge in [-0.25, -0.2) is 0 Å². The van der Waals surface area contributed by atoms with E-state index in [-0.39, 0.29) is 17.6 Å². The van der Waals surface area contributed by atoms with Gasteiger partial charge in [-0.15, -0.1) is 13.2 Å². The van der Waals surface area contributed by atoms with Gasteiger partial charge >= 0.3 is 6.36 Å². The average Bonchev–Trinajstić information content (AvgIpc) is 2.35. The van der Waals surface area contributed by atoms with E-state index in [1.807, 2.05) is 6.92 Å². The number of ether oxygens (including phenoxy) is 2. The van der Waals surface area contributed by atoms with Gasteiger partial charge in [0.2, 0.25) is 0 Å². The van der Waals surface area contributed by atoms with E-state index < -0.39 is 12.1 Å². The summed E-state index contributed by atoms with van der Waals surface area (Å²) in [6.07, 6.45) is -4.89. The SMILES string of the molecule is CC1CN(C(=O)c2cc(Br)cc(OC(F)(F)F)c2)CCO1. The Labute approximate surface area is 127 Å². The number of morpholine rings is 1. The minimum absolute atomic E-state index is 0.0965. The second kappa shape index (κ2) is 6.23. The van der Waals surface area contributed by atoms with Gasteiger partial charge in [0.05, 0.1) is 12.7 Å². The van der Waals surface area contributed by atoms with E-state index in [1.165, 1.54) is 6.07 Å². The van der Waals surface area contributed by atoms with Gasteiger partial charge in [-0.2, -0.15) is 0 Å². The van der Waals surface area contributed by atoms with Crippen LogP contribution in [0.2, 0.25) is 0 Å². The number of benzene rings is 1. The third kappa shape index (κ3) is 4.60. The molecule has 1 amide bonds. The molecule has 1 fully saturated rings. The van der Waals surface area contributed by atoms with E-state index in [4.69, 9.17) is 4.74 Å². The van der Waals surface area contributed by atoms with Crippen molar-refractivity contribution in [2.75, 3.05) is 19.7 Å². The Balaban J connectivity index is 2.20. The van der Waals surface area contributed by atoms with Crippen LogP contribution >= 0.6 is 15.9 Å². The second-order valence-electron chi connectivity index (χ2n) is 4.66. The van der Waals surface area contributed by atoms with Crippen molar-refractivity contribution in [2.45, 2.75) is 19.4 Å². The number of nitrogens with zero attached hydrogens (tertiary/aromatic N) is 1. The van der Waals surface area contributed by atoms with E-state index in [0.29, 0.717) is 24.2 Å². The van der Waals surface area contributed by atoms with Crippen LogP contribution in [0.4, 0.5) is 13.2 Å². The van der Waals surface area contributed by atoms with E-state index in [1.54, 1.807) is 4.90 Å². The van der Waals surface area contributed by atoms with Crippen molar-refractivity contribution in [1.82, 2.24) is 4.90 Å². The molecule has 1 saturated heterocycles. The molecule has 116 valence electrons. The molecule has 0 saturated carbocycles. The third-order valence-electron chi connectivity index (χ3n) is 2.88. The molecule has 1 aromatic carbocycles. The first-order valence-corrected chi connectivity index (χ1v) is 7.01. The lowest BCUT2D eigenvalue weighted by molar-refractivity contribution is -0.274. The standard InChI is InChI=1S/C13H13BrF3NO3/c1-8-7-18(2-3-20-8)12(19)9-4-10(14)6-11(5-9)21-13(15,16)17/h4-6,8H,2-3,7H2,1H3. The van der Waals surface area contributed by atoms with Gasteiger partial charge in [-0.3, -0.25) is 4.79 Å². The van der Waals surface area contributed by atoms with Crippen molar-refractivity contribution >= 4 is 21.8 Å². The van der Waals surface area contributed by atoms with Crippen LogP contribution in [-0.2, 0) is 4.74 Å². The van der Waals surface area contributed by atoms with Crippen LogP contribution in [0.15, 0.2) is 22.7 Å². The Morgan fingerprint density at radius 1 is 1.43 bits per heavy atom. The summed E-state index contributed by atoms with van der Waals surface area (Å²) in [6.45, 7) is 3.05. The molecule has 8 heteroatoms. The minimum Gasteiger partial charge on any atom is -0.406 e. The molecule has 1 aromatic rings. The monoisotopic (exact) mass is 367 g/mol. The van der Waals surface area contributed by atoms with Crippen LogP contribution in [0.5, 0.6) is 5.75 Å². The van der Waals surface area contributed by atoms with Gasteiger partial charge in [0.1, 0.15) is 5.75 Å². The van der Waals surface area contributed by atoms with Crippen LogP contribution in [0.1, 0.15) is 17.3 Å². The van der Waals surface area contributed by atoms with Gasteiger partial charge in [-0.1, -0.05) is 15.9 Å². The van der Waals surface area contributed by atoms with Crippen molar-refractivity contribution in [3.63, 3.8) is 0 Å². The number of carbonyl (C=O) groups excluding carboxylic acids is 1. The first-order chi connectivity index (χ1) is 9.74. The summed E-state index contributed by atoms with van der Waals surface area (Å²) >= 11 is 3.08. The zero-order valence-corrected chi connectivity index (χ0v) is 12.7. The Morgan fingerprint density at radius 2 is 2.14 bits per heavy atom. The van der Waals surface area contributed by atoms with Crippen molar-refractivity contribution in [2.24, 2.45) is 0 Å². The molecule has 1 aliphatic heterocycles. The Kier molecular flexibility index (Phi) is 4.77. The average molecular weight is 368 g/mol. The Bertz CT molecular complexity index is 536. The molecule has 1 unspecified atom stereocenters. The van der Waals surface area contributed by atoms with Gasteiger partial charge in [0, 0.05) is 23.1 Å². The fraction of sp³-hybridized carbons (Fsp3) is 0.462. The van der Waals surface area contributed by atoms with Gasteiger partial charge in [0.25, 0.3) is 5.91 Å². The maximum atomic E-state index is 12.3. The lowest BCUT2D eigenvalue weighted by Crippen LogP contribution is -2.44. The molecule has 0 N–H and O–H groups in total. The molecular formula is C13H13BrF3NO3. The molecular weight excluding hydrogens is 355 g/mol. The number of rotatable bonds is 2. The number of carbonyl (C=O) groups is 1. The normalized spacial score (nSPS) is 19.5. The molecule has 1 atom stereocenters. The molecule has 0 spiro atoms. The lowest BCUT2D eigenvalue weighted by Gasteiger charge is -2.31. The van der Waals surface area contributed by atoms with Crippen molar-refractivity contribution in [3.05, 3.63) is 28.2 Å². The zero-order chi connectivity index (χ0) is 15.6. The highest BCUT2D eigenvalue weighted by Gasteiger charge is 2.32. The molecule has 1 aliphatic rings. The van der Waals surface area contributed by atoms with E-state index in [9.17, 15) is 18.0 Å². The molecule has 0 radical (unpaired) electrons. The molecule has 21 heavy (non-hydrogen) atoms. The maximum Gasteiger partial charge on any atom is 0.573 e. The highest BCUT2D eigenvalue weighted by Crippen LogP contribution is 2.28. The summed E-state index contributed by atoms with van der Waals surface area (Å²) < 4.78 is 46.3. The number of hydrogen-bond donors (Lipinski definition) is 0. The number of halogens is 4. The molecule has 0 aromatic heterocycles. The first kappa shape index (κ1) is 16.1. The van der Waals surface area contributed by atoms with Gasteiger partial charge < -0.3 is 14.4 Å². The zero-order valence-electron chi connectivity index (χ0n) is 11.1. The number of amides is 1.